The number of benzene rings is 2. The Balaban J connectivity index is 1.82. The predicted octanol–water partition coefficient (Wildman–Crippen LogP) is 3.51. The summed E-state index contributed by atoms with van der Waals surface area (Å²) < 4.78 is 5.63. The van der Waals surface area contributed by atoms with Crippen LogP contribution < -0.4 is 5.32 Å². The standard InChI is InChI=1S/C20H15NO5/c22-15-8-6-14(7-9-15)19(23)21-17(20(24)25)12-16-10-11-18(26-16)13-4-2-1-3-5-13/h1-12,22H,(H,21,23)(H,24,25)/b17-12-. The van der Waals surface area contributed by atoms with Gasteiger partial charge < -0.3 is 19.9 Å². The number of hydrogen-bond donors (Lipinski definition) is 3. The molecule has 1 amide bonds. The second kappa shape index (κ2) is 7.40. The molecule has 6 nitrogen and oxygen atoms in total. The van der Waals surface area contributed by atoms with Crippen molar-refractivity contribution < 1.29 is 24.2 Å². The second-order valence-electron chi connectivity index (χ2n) is 5.43. The van der Waals surface area contributed by atoms with Crippen LogP contribution in [0.5, 0.6) is 5.75 Å². The van der Waals surface area contributed by atoms with E-state index >= 15 is 0 Å². The van der Waals surface area contributed by atoms with Crippen molar-refractivity contribution in [1.82, 2.24) is 5.32 Å². The Hall–Kier alpha value is -3.80. The number of rotatable bonds is 5. The largest absolute Gasteiger partial charge is 0.508 e. The van der Waals surface area contributed by atoms with E-state index in [1.54, 1.807) is 12.1 Å². The van der Waals surface area contributed by atoms with Gasteiger partial charge in [0.25, 0.3) is 5.91 Å². The number of furan rings is 1. The Kier molecular flexibility index (Phi) is 4.85. The fraction of sp³-hybridized carbons (Fsp3) is 0. The number of phenols is 1. The molecule has 6 heteroatoms. The summed E-state index contributed by atoms with van der Waals surface area (Å²) in [4.78, 5) is 23.6. The fourth-order valence-corrected chi connectivity index (χ4v) is 2.29. The van der Waals surface area contributed by atoms with Crippen molar-refractivity contribution in [2.45, 2.75) is 0 Å². The molecular formula is C20H15NO5. The lowest BCUT2D eigenvalue weighted by Gasteiger charge is -2.05. The zero-order valence-electron chi connectivity index (χ0n) is 13.5. The molecule has 3 rings (SSSR count). The van der Waals surface area contributed by atoms with E-state index in [4.69, 9.17) is 4.42 Å². The van der Waals surface area contributed by atoms with Crippen molar-refractivity contribution in [3.63, 3.8) is 0 Å². The van der Waals surface area contributed by atoms with Gasteiger partial charge in [0.1, 0.15) is 23.0 Å². The molecule has 0 radical (unpaired) electrons. The average Bonchev–Trinajstić information content (AvgIpc) is 3.11. The number of amides is 1. The van der Waals surface area contributed by atoms with E-state index in [9.17, 15) is 19.8 Å². The molecular weight excluding hydrogens is 334 g/mol. The number of carboxylic acids is 1. The lowest BCUT2D eigenvalue weighted by atomic mass is 10.2. The second-order valence-corrected chi connectivity index (χ2v) is 5.43. The van der Waals surface area contributed by atoms with Crippen molar-refractivity contribution in [3.8, 4) is 17.1 Å². The van der Waals surface area contributed by atoms with Crippen LogP contribution in [-0.2, 0) is 4.79 Å². The molecule has 0 saturated carbocycles. The van der Waals surface area contributed by atoms with Crippen molar-refractivity contribution in [1.29, 1.82) is 0 Å². The topological polar surface area (TPSA) is 99.8 Å². The first-order valence-electron chi connectivity index (χ1n) is 7.73. The number of hydrogen-bond acceptors (Lipinski definition) is 4. The van der Waals surface area contributed by atoms with Crippen molar-refractivity contribution >= 4 is 18.0 Å². The van der Waals surface area contributed by atoms with E-state index in [1.165, 1.54) is 30.3 Å². The summed E-state index contributed by atoms with van der Waals surface area (Å²) >= 11 is 0. The molecule has 1 heterocycles. The fourth-order valence-electron chi connectivity index (χ4n) is 2.29. The smallest absolute Gasteiger partial charge is 0.352 e. The summed E-state index contributed by atoms with van der Waals surface area (Å²) in [6, 6.07) is 18.2. The number of aliphatic carboxylic acids is 1. The van der Waals surface area contributed by atoms with E-state index < -0.39 is 11.9 Å². The average molecular weight is 349 g/mol. The lowest BCUT2D eigenvalue weighted by molar-refractivity contribution is -0.132. The molecule has 0 fully saturated rings. The third-order valence-electron chi connectivity index (χ3n) is 3.58. The Bertz CT molecular complexity index is 955. The summed E-state index contributed by atoms with van der Waals surface area (Å²) in [5.74, 6) is -0.999. The summed E-state index contributed by atoms with van der Waals surface area (Å²) in [5, 5.41) is 20.9. The molecule has 3 N–H and O–H groups in total. The first-order chi connectivity index (χ1) is 12.5. The van der Waals surface area contributed by atoms with E-state index in [-0.39, 0.29) is 17.0 Å². The van der Waals surface area contributed by atoms with Gasteiger partial charge in [0.2, 0.25) is 0 Å². The molecule has 0 spiro atoms. The molecule has 130 valence electrons. The molecule has 0 aliphatic heterocycles. The third-order valence-corrected chi connectivity index (χ3v) is 3.58. The van der Waals surface area contributed by atoms with Crippen molar-refractivity contribution in [2.24, 2.45) is 0 Å². The molecule has 0 aliphatic carbocycles. The normalized spacial score (nSPS) is 11.2. The Labute approximate surface area is 149 Å². The SMILES string of the molecule is O=C(O)/C(=C/c1ccc(-c2ccccc2)o1)NC(=O)c1ccc(O)cc1. The lowest BCUT2D eigenvalue weighted by Crippen LogP contribution is -2.27. The van der Waals surface area contributed by atoms with Crippen LogP contribution >= 0.6 is 0 Å². The maximum absolute atomic E-state index is 12.2. The van der Waals surface area contributed by atoms with Crippen molar-refractivity contribution in [3.05, 3.63) is 83.8 Å². The molecule has 1 aromatic heterocycles. The number of nitrogens with one attached hydrogen (secondary N) is 1. The minimum atomic E-state index is -1.30. The highest BCUT2D eigenvalue weighted by atomic mass is 16.4. The van der Waals surface area contributed by atoms with Gasteiger partial charge in [-0.05, 0) is 36.4 Å². The monoisotopic (exact) mass is 349 g/mol. The van der Waals surface area contributed by atoms with E-state index in [0.717, 1.165) is 5.56 Å². The van der Waals surface area contributed by atoms with Crippen LogP contribution in [0.1, 0.15) is 16.1 Å². The maximum atomic E-state index is 12.2. The minimum absolute atomic E-state index is 0.0135. The Morgan fingerprint density at radius 3 is 2.27 bits per heavy atom. The van der Waals surface area contributed by atoms with Crippen LogP contribution in [0, 0.1) is 0 Å². The Morgan fingerprint density at radius 1 is 0.923 bits per heavy atom. The zero-order chi connectivity index (χ0) is 18.5. The Morgan fingerprint density at radius 2 is 1.62 bits per heavy atom. The van der Waals surface area contributed by atoms with Crippen LogP contribution in [0.15, 0.2) is 76.8 Å². The first kappa shape index (κ1) is 17.0. The highest BCUT2D eigenvalue weighted by Gasteiger charge is 2.14. The zero-order valence-corrected chi connectivity index (χ0v) is 13.5. The third kappa shape index (κ3) is 3.99. The number of phenolic OH excluding ortho intramolecular Hbond substituents is 1. The minimum Gasteiger partial charge on any atom is -0.508 e. The van der Waals surface area contributed by atoms with Crippen molar-refractivity contribution in [2.75, 3.05) is 0 Å². The first-order valence-corrected chi connectivity index (χ1v) is 7.73. The molecule has 0 saturated heterocycles. The summed E-state index contributed by atoms with van der Waals surface area (Å²) in [6.07, 6.45) is 1.24. The number of carbonyl (C=O) groups is 2. The van der Waals surface area contributed by atoms with Gasteiger partial charge in [0, 0.05) is 17.2 Å². The molecule has 26 heavy (non-hydrogen) atoms. The number of aromatic hydroxyl groups is 1. The maximum Gasteiger partial charge on any atom is 0.352 e. The van der Waals surface area contributed by atoms with Crippen LogP contribution in [0.25, 0.3) is 17.4 Å². The van der Waals surface area contributed by atoms with Crippen LogP contribution in [0.3, 0.4) is 0 Å². The molecule has 0 aliphatic rings. The summed E-state index contributed by atoms with van der Waals surface area (Å²) in [6.45, 7) is 0. The van der Waals surface area contributed by atoms with Crippen LogP contribution in [-0.4, -0.2) is 22.1 Å². The molecule has 3 aromatic rings. The molecule has 0 bridgehead atoms. The number of carbonyl (C=O) groups excluding carboxylic acids is 1. The predicted molar refractivity (Wildman–Crippen MR) is 95.3 cm³/mol. The number of carboxylic acid groups (broad SMARTS) is 1. The van der Waals surface area contributed by atoms with Crippen LogP contribution in [0.2, 0.25) is 0 Å². The van der Waals surface area contributed by atoms with Gasteiger partial charge in [-0.25, -0.2) is 4.79 Å². The van der Waals surface area contributed by atoms with Gasteiger partial charge in [0.15, 0.2) is 0 Å². The van der Waals surface area contributed by atoms with Gasteiger partial charge in [-0.2, -0.15) is 0 Å². The van der Waals surface area contributed by atoms with Gasteiger partial charge >= 0.3 is 5.97 Å². The van der Waals surface area contributed by atoms with E-state index in [0.29, 0.717) is 11.5 Å². The van der Waals surface area contributed by atoms with Crippen LogP contribution in [0.4, 0.5) is 0 Å². The highest BCUT2D eigenvalue weighted by molar-refractivity contribution is 6.02. The van der Waals surface area contributed by atoms with Gasteiger partial charge in [-0.15, -0.1) is 0 Å². The van der Waals surface area contributed by atoms with E-state index in [1.807, 2.05) is 30.3 Å². The van der Waals surface area contributed by atoms with Gasteiger partial charge in [-0.1, -0.05) is 30.3 Å². The summed E-state index contributed by atoms with van der Waals surface area (Å²) in [7, 11) is 0. The van der Waals surface area contributed by atoms with Gasteiger partial charge in [0.05, 0.1) is 0 Å². The molecule has 0 atom stereocenters. The quantitative estimate of drug-likeness (QED) is 0.612. The van der Waals surface area contributed by atoms with E-state index in [2.05, 4.69) is 5.32 Å². The van der Waals surface area contributed by atoms with Gasteiger partial charge in [-0.3, -0.25) is 4.79 Å². The molecule has 0 unspecified atom stereocenters. The molecule has 2 aromatic carbocycles. The highest BCUT2D eigenvalue weighted by Crippen LogP contribution is 2.23. The summed E-state index contributed by atoms with van der Waals surface area (Å²) in [5.41, 5.74) is 0.758.